The third kappa shape index (κ3) is 16.9. The number of likely N-dealkylation sites (N-methyl/N-ethyl adjacent to an activating group) is 1. The van der Waals surface area contributed by atoms with Crippen molar-refractivity contribution in [2.24, 2.45) is 11.1 Å². The van der Waals surface area contributed by atoms with Gasteiger partial charge < -0.3 is 51.8 Å². The highest BCUT2D eigenvalue weighted by Gasteiger charge is 2.39. The van der Waals surface area contributed by atoms with Gasteiger partial charge in [0.2, 0.25) is 47.3 Å². The SMILES string of the molecule is C[C@@H](C(=O)N[C@@H](CC(N)=O)C(=O)N[C@@H](CCN(C(=O)CO)[C@@H](c1cc(-c2cc(F)ccc2F)cn1Cc1ccccc1)C(C)(C)C)C(=O)NCCNC(=O)CN1C(=O)C=CC1=O)N(C)C(=O)CNC(=O)Cc1ccncc1. The zero-order chi connectivity index (χ0) is 56.6. The van der Waals surface area contributed by atoms with E-state index < -0.39 is 133 Å². The largest absolute Gasteiger partial charge is 0.387 e. The topological polar surface area (TPSA) is 305 Å². The number of rotatable bonds is 26. The first-order valence-electron chi connectivity index (χ1n) is 24.4. The molecule has 24 heteroatoms. The molecule has 4 atom stereocenters. The number of aromatic nitrogens is 2. The van der Waals surface area contributed by atoms with Crippen LogP contribution in [0.1, 0.15) is 63.4 Å². The number of imide groups is 1. The Kier molecular flexibility index (Phi) is 20.9. The molecule has 4 aromatic rings. The average Bonchev–Trinajstić information content (AvgIpc) is 3.94. The van der Waals surface area contributed by atoms with Gasteiger partial charge in [-0.05, 0) is 66.3 Å². The van der Waals surface area contributed by atoms with E-state index in [-0.39, 0.29) is 43.7 Å². The third-order valence-corrected chi connectivity index (χ3v) is 12.4. The lowest BCUT2D eigenvalue weighted by Crippen LogP contribution is -2.58. The van der Waals surface area contributed by atoms with E-state index in [1.165, 1.54) is 31.3 Å². The van der Waals surface area contributed by atoms with Crippen molar-refractivity contribution < 1.29 is 61.8 Å². The number of halogens is 2. The lowest BCUT2D eigenvalue weighted by Gasteiger charge is -2.41. The van der Waals surface area contributed by atoms with Crippen LogP contribution in [0, 0.1) is 17.0 Å². The summed E-state index contributed by atoms with van der Waals surface area (Å²) in [4.78, 5) is 138. The van der Waals surface area contributed by atoms with Crippen molar-refractivity contribution >= 4 is 59.1 Å². The average molecular weight is 1070 g/mol. The number of aliphatic hydroxyl groups is 1. The fraction of sp³-hybridized carbons (Fsp3) is 0.377. The van der Waals surface area contributed by atoms with Gasteiger partial charge in [-0.1, -0.05) is 51.1 Å². The summed E-state index contributed by atoms with van der Waals surface area (Å²) in [5.41, 5.74) is 6.69. The van der Waals surface area contributed by atoms with Crippen LogP contribution in [0.25, 0.3) is 11.1 Å². The monoisotopic (exact) mass is 1070 g/mol. The number of nitrogens with one attached hydrogen (secondary N) is 5. The molecule has 2 aromatic carbocycles. The summed E-state index contributed by atoms with van der Waals surface area (Å²) in [5.74, 6) is -9.50. The molecule has 1 aliphatic rings. The minimum atomic E-state index is -1.74. The molecule has 0 radical (unpaired) electrons. The molecule has 5 rings (SSSR count). The summed E-state index contributed by atoms with van der Waals surface area (Å²) in [6, 6.07) is 11.4. The smallest absolute Gasteiger partial charge is 0.254 e. The summed E-state index contributed by atoms with van der Waals surface area (Å²) in [6.07, 6.45) is 5.39. The van der Waals surface area contributed by atoms with Crippen molar-refractivity contribution in [2.45, 2.75) is 77.7 Å². The van der Waals surface area contributed by atoms with Gasteiger partial charge in [-0.25, -0.2) is 8.78 Å². The van der Waals surface area contributed by atoms with E-state index in [1.54, 1.807) is 49.7 Å². The second-order valence-corrected chi connectivity index (χ2v) is 19.2. The van der Waals surface area contributed by atoms with Crippen LogP contribution >= 0.6 is 0 Å². The van der Waals surface area contributed by atoms with Crippen LogP contribution < -0.4 is 32.3 Å². The number of hydrogen-bond acceptors (Lipinski definition) is 12. The standard InChI is InChI=1S/C53H63F2N11O11/c1-32(63(5)47(73)27-60-43(69)23-33-15-18-57-19-16-33)50(75)62-40(26-42(56)68)52(77)61-39(51(76)59-21-20-58-44(70)30-66-45(71)13-14-46(66)72)17-22-65(48(74)31-67)49(53(2,3)4)41-24-35(37-25-36(54)11-12-38(37)55)29-64(41)28-34-9-7-6-8-10-34/h6-16,18-19,24-25,29,32,39-40,49,67H,17,20-23,26-28,30-31H2,1-5H3,(H2,56,68)(H,58,70)(H,59,76)(H,60,69)(H,61,77)(H,62,75)/t32-,39-,40-,49-/m0/s1. The van der Waals surface area contributed by atoms with E-state index in [1.807, 2.05) is 30.3 Å². The minimum absolute atomic E-state index is 0.0463. The van der Waals surface area contributed by atoms with Gasteiger partial charge in [0, 0.05) is 80.8 Å². The predicted molar refractivity (Wildman–Crippen MR) is 274 cm³/mol. The van der Waals surface area contributed by atoms with E-state index >= 15 is 4.39 Å². The normalized spacial score (nSPS) is 13.7. The fourth-order valence-electron chi connectivity index (χ4n) is 8.35. The molecule has 77 heavy (non-hydrogen) atoms. The first-order valence-corrected chi connectivity index (χ1v) is 24.4. The number of hydrogen-bond donors (Lipinski definition) is 7. The highest BCUT2D eigenvalue weighted by atomic mass is 19.1. The maximum atomic E-state index is 15.4. The Hall–Kier alpha value is -8.67. The maximum Gasteiger partial charge on any atom is 0.254 e. The molecule has 8 N–H and O–H groups in total. The second-order valence-electron chi connectivity index (χ2n) is 19.2. The van der Waals surface area contributed by atoms with Crippen molar-refractivity contribution in [2.75, 3.05) is 46.4 Å². The lowest BCUT2D eigenvalue weighted by atomic mass is 9.82. The van der Waals surface area contributed by atoms with Gasteiger partial charge in [0.1, 0.15) is 42.9 Å². The number of amides is 10. The zero-order valence-corrected chi connectivity index (χ0v) is 43.2. The highest BCUT2D eigenvalue weighted by Crippen LogP contribution is 2.41. The van der Waals surface area contributed by atoms with Crippen molar-refractivity contribution in [3.8, 4) is 11.1 Å². The Morgan fingerprint density at radius 3 is 2.06 bits per heavy atom. The molecule has 0 aliphatic carbocycles. The first-order chi connectivity index (χ1) is 36.5. The number of nitrogens with two attached hydrogens (primary N) is 1. The molecule has 2 aromatic heterocycles. The van der Waals surface area contributed by atoms with E-state index in [2.05, 4.69) is 31.6 Å². The van der Waals surface area contributed by atoms with E-state index in [4.69, 9.17) is 5.73 Å². The second kappa shape index (κ2) is 27.2. The summed E-state index contributed by atoms with van der Waals surface area (Å²) < 4.78 is 31.8. The number of benzene rings is 2. The predicted octanol–water partition coefficient (Wildman–Crippen LogP) is 0.383. The van der Waals surface area contributed by atoms with Gasteiger partial charge >= 0.3 is 0 Å². The molecule has 0 fully saturated rings. The Balaban J connectivity index is 1.41. The summed E-state index contributed by atoms with van der Waals surface area (Å²) in [6.45, 7) is 3.91. The van der Waals surface area contributed by atoms with Crippen molar-refractivity contribution in [1.82, 2.24) is 50.8 Å². The van der Waals surface area contributed by atoms with Gasteiger partial charge in [0.15, 0.2) is 0 Å². The molecule has 0 saturated carbocycles. The number of pyridine rings is 1. The number of carbonyl (C=O) groups excluding carboxylic acids is 10. The van der Waals surface area contributed by atoms with E-state index in [0.717, 1.165) is 40.8 Å². The first kappa shape index (κ1) is 59.2. The summed E-state index contributed by atoms with van der Waals surface area (Å²) in [7, 11) is 1.28. The number of primary amides is 1. The van der Waals surface area contributed by atoms with Crippen LogP contribution in [0.4, 0.5) is 8.78 Å². The van der Waals surface area contributed by atoms with Crippen molar-refractivity contribution in [1.29, 1.82) is 0 Å². The Morgan fingerprint density at radius 1 is 0.779 bits per heavy atom. The molecule has 1 aliphatic heterocycles. The van der Waals surface area contributed by atoms with Gasteiger partial charge in [0.05, 0.1) is 25.4 Å². The van der Waals surface area contributed by atoms with Gasteiger partial charge in [-0.15, -0.1) is 0 Å². The van der Waals surface area contributed by atoms with Crippen LogP contribution in [0.2, 0.25) is 0 Å². The fourth-order valence-corrected chi connectivity index (χ4v) is 8.35. The highest BCUT2D eigenvalue weighted by molar-refractivity contribution is 6.14. The van der Waals surface area contributed by atoms with Crippen LogP contribution in [-0.2, 0) is 60.9 Å². The molecule has 410 valence electrons. The third-order valence-electron chi connectivity index (χ3n) is 12.4. The molecule has 10 amide bonds. The molecule has 0 spiro atoms. The summed E-state index contributed by atoms with van der Waals surface area (Å²) >= 11 is 0. The number of nitrogens with zero attached hydrogens (tertiary/aromatic N) is 5. The lowest BCUT2D eigenvalue weighted by molar-refractivity contribution is -0.141. The van der Waals surface area contributed by atoms with Crippen molar-refractivity contribution in [3.05, 3.63) is 126 Å². The molecular formula is C53H63F2N11O11. The van der Waals surface area contributed by atoms with E-state index in [9.17, 15) is 57.4 Å². The van der Waals surface area contributed by atoms with Crippen molar-refractivity contribution in [3.63, 3.8) is 0 Å². The number of aliphatic hydroxyl groups excluding tert-OH is 1. The molecule has 3 heterocycles. The quantitative estimate of drug-likeness (QED) is 0.0332. The minimum Gasteiger partial charge on any atom is -0.387 e. The number of carbonyl (C=O) groups is 10. The molecule has 0 unspecified atom stereocenters. The summed E-state index contributed by atoms with van der Waals surface area (Å²) in [5, 5.41) is 22.9. The van der Waals surface area contributed by atoms with Crippen LogP contribution in [0.15, 0.2) is 97.5 Å². The Morgan fingerprint density at radius 2 is 1.43 bits per heavy atom. The van der Waals surface area contributed by atoms with Crippen LogP contribution in [0.3, 0.4) is 0 Å². The van der Waals surface area contributed by atoms with Gasteiger partial charge in [0.25, 0.3) is 11.8 Å². The maximum absolute atomic E-state index is 15.4. The van der Waals surface area contributed by atoms with Gasteiger partial charge in [-0.2, -0.15) is 0 Å². The van der Waals surface area contributed by atoms with Gasteiger partial charge in [-0.3, -0.25) is 57.8 Å². The van der Waals surface area contributed by atoms with E-state index in [0.29, 0.717) is 16.2 Å². The molecular weight excluding hydrogens is 1000 g/mol. The zero-order valence-electron chi connectivity index (χ0n) is 43.2. The molecule has 0 saturated heterocycles. The van der Waals surface area contributed by atoms with Crippen LogP contribution in [-0.4, -0.2) is 153 Å². The molecule has 0 bridgehead atoms. The van der Waals surface area contributed by atoms with Crippen LogP contribution in [0.5, 0.6) is 0 Å². The Labute approximate surface area is 442 Å². The Bertz CT molecular complexity index is 2840. The molecule has 22 nitrogen and oxygen atoms in total.